The van der Waals surface area contributed by atoms with E-state index >= 15 is 0 Å². The summed E-state index contributed by atoms with van der Waals surface area (Å²) in [5, 5.41) is 33.7. The van der Waals surface area contributed by atoms with Gasteiger partial charge in [0.15, 0.2) is 0 Å². The predicted octanol–water partition coefficient (Wildman–Crippen LogP) is -2.52. The number of aliphatic hydroxyl groups excluding tert-OH is 1. The van der Waals surface area contributed by atoms with Gasteiger partial charge < -0.3 is 37.0 Å². The van der Waals surface area contributed by atoms with E-state index in [4.69, 9.17) is 21.1 Å². The maximum atomic E-state index is 12.6. The molecule has 0 aromatic carbocycles. The zero-order chi connectivity index (χ0) is 22.6. The van der Waals surface area contributed by atoms with Gasteiger partial charge in [-0.05, 0) is 31.8 Å². The number of nitrogens with two attached hydrogens (primary N) is 1. The fourth-order valence-electron chi connectivity index (χ4n) is 2.07. The number of aliphatic carboxylic acids is 2. The van der Waals surface area contributed by atoms with Crippen molar-refractivity contribution in [2.75, 3.05) is 18.6 Å². The Morgan fingerprint density at radius 1 is 0.897 bits per heavy atom. The molecule has 0 aliphatic rings. The SMILES string of the molecule is CSCCC(NC(=O)C(CCC(=O)O)NC(=O)C(C)N)C(=O)NC(CO)C(=O)O. The molecule has 4 atom stereocenters. The van der Waals surface area contributed by atoms with Crippen molar-refractivity contribution in [3.05, 3.63) is 0 Å². The topological polar surface area (TPSA) is 208 Å². The number of amides is 3. The van der Waals surface area contributed by atoms with Gasteiger partial charge in [-0.2, -0.15) is 11.8 Å². The van der Waals surface area contributed by atoms with E-state index in [-0.39, 0.29) is 12.8 Å². The summed E-state index contributed by atoms with van der Waals surface area (Å²) in [6.07, 6.45) is 1.27. The molecular weight excluding hydrogens is 408 g/mol. The van der Waals surface area contributed by atoms with Crippen LogP contribution in [0.4, 0.5) is 0 Å². The molecule has 0 radical (unpaired) electrons. The minimum absolute atomic E-state index is 0.142. The Morgan fingerprint density at radius 3 is 1.79 bits per heavy atom. The maximum Gasteiger partial charge on any atom is 0.328 e. The first-order chi connectivity index (χ1) is 13.5. The molecule has 12 nitrogen and oxygen atoms in total. The highest BCUT2D eigenvalue weighted by atomic mass is 32.2. The fraction of sp³-hybridized carbons (Fsp3) is 0.688. The second-order valence-electron chi connectivity index (χ2n) is 6.21. The lowest BCUT2D eigenvalue weighted by atomic mass is 10.1. The lowest BCUT2D eigenvalue weighted by Gasteiger charge is -2.24. The van der Waals surface area contributed by atoms with E-state index in [0.717, 1.165) is 0 Å². The Labute approximate surface area is 172 Å². The molecular formula is C16H28N4O8S. The van der Waals surface area contributed by atoms with Crippen molar-refractivity contribution in [3.8, 4) is 0 Å². The monoisotopic (exact) mass is 436 g/mol. The number of hydrogen-bond donors (Lipinski definition) is 7. The molecule has 0 aliphatic heterocycles. The average molecular weight is 436 g/mol. The molecule has 3 amide bonds. The number of rotatable bonds is 14. The molecule has 0 fully saturated rings. The van der Waals surface area contributed by atoms with Crippen molar-refractivity contribution in [1.29, 1.82) is 0 Å². The number of thioether (sulfide) groups is 1. The van der Waals surface area contributed by atoms with E-state index < -0.39 is 66.9 Å². The predicted molar refractivity (Wildman–Crippen MR) is 104 cm³/mol. The molecule has 0 aliphatic carbocycles. The zero-order valence-corrected chi connectivity index (χ0v) is 17.0. The summed E-state index contributed by atoms with van der Waals surface area (Å²) in [6.45, 7) is 0.549. The summed E-state index contributed by atoms with van der Waals surface area (Å²) in [5.74, 6) is -4.49. The van der Waals surface area contributed by atoms with Gasteiger partial charge in [0.25, 0.3) is 0 Å². The molecule has 29 heavy (non-hydrogen) atoms. The summed E-state index contributed by atoms with van der Waals surface area (Å²) in [4.78, 5) is 58.6. The number of carboxylic acids is 2. The van der Waals surface area contributed by atoms with Crippen LogP contribution < -0.4 is 21.7 Å². The van der Waals surface area contributed by atoms with Crippen molar-refractivity contribution >= 4 is 41.4 Å². The first-order valence-corrected chi connectivity index (χ1v) is 10.1. The van der Waals surface area contributed by atoms with Crippen molar-refractivity contribution in [2.24, 2.45) is 5.73 Å². The molecule has 8 N–H and O–H groups in total. The number of carboxylic acid groups (broad SMARTS) is 2. The van der Waals surface area contributed by atoms with Crippen LogP contribution in [0.5, 0.6) is 0 Å². The van der Waals surface area contributed by atoms with Crippen molar-refractivity contribution < 1.29 is 39.3 Å². The molecule has 0 bridgehead atoms. The van der Waals surface area contributed by atoms with Gasteiger partial charge in [0.2, 0.25) is 17.7 Å². The lowest BCUT2D eigenvalue weighted by Crippen LogP contribution is -2.57. The van der Waals surface area contributed by atoms with E-state index in [0.29, 0.717) is 5.75 Å². The van der Waals surface area contributed by atoms with Gasteiger partial charge in [-0.1, -0.05) is 0 Å². The Hall–Kier alpha value is -2.38. The summed E-state index contributed by atoms with van der Waals surface area (Å²) in [5.41, 5.74) is 5.45. The minimum atomic E-state index is -1.54. The first kappa shape index (κ1) is 26.6. The van der Waals surface area contributed by atoms with Crippen LogP contribution in [-0.4, -0.2) is 87.8 Å². The van der Waals surface area contributed by atoms with Gasteiger partial charge in [0.05, 0.1) is 12.6 Å². The number of nitrogens with one attached hydrogen (secondary N) is 3. The second-order valence-corrected chi connectivity index (χ2v) is 7.19. The highest BCUT2D eigenvalue weighted by Gasteiger charge is 2.29. The summed E-state index contributed by atoms with van der Waals surface area (Å²) < 4.78 is 0. The summed E-state index contributed by atoms with van der Waals surface area (Å²) in [7, 11) is 0. The van der Waals surface area contributed by atoms with Gasteiger partial charge in [0, 0.05) is 6.42 Å². The Morgan fingerprint density at radius 2 is 1.38 bits per heavy atom. The average Bonchev–Trinajstić information content (AvgIpc) is 2.64. The molecule has 0 aromatic rings. The molecule has 0 saturated heterocycles. The highest BCUT2D eigenvalue weighted by molar-refractivity contribution is 7.98. The molecule has 166 valence electrons. The van der Waals surface area contributed by atoms with Crippen LogP contribution in [0.15, 0.2) is 0 Å². The van der Waals surface area contributed by atoms with E-state index in [9.17, 15) is 24.0 Å². The Kier molecular flexibility index (Phi) is 12.6. The standard InChI is InChI=1S/C16H28N4O8S/c1-8(17)13(24)18-9(3-4-12(22)23)14(25)19-10(5-6-29-2)15(26)20-11(7-21)16(27)28/h8-11,21H,3-7,17H2,1-2H3,(H,18,24)(H,19,25)(H,20,26)(H,22,23)(H,27,28). The summed E-state index contributed by atoms with van der Waals surface area (Å²) in [6, 6.07) is -4.88. The Bertz CT molecular complexity index is 601. The van der Waals surface area contributed by atoms with Gasteiger partial charge in [-0.25, -0.2) is 4.79 Å². The van der Waals surface area contributed by atoms with Crippen LogP contribution >= 0.6 is 11.8 Å². The number of carbonyl (C=O) groups excluding carboxylic acids is 3. The van der Waals surface area contributed by atoms with Crippen LogP contribution in [0.1, 0.15) is 26.2 Å². The van der Waals surface area contributed by atoms with Crippen molar-refractivity contribution in [2.45, 2.75) is 50.4 Å². The second kappa shape index (κ2) is 13.7. The smallest absolute Gasteiger partial charge is 0.328 e. The van der Waals surface area contributed by atoms with Crippen LogP contribution in [0.25, 0.3) is 0 Å². The number of carbonyl (C=O) groups is 5. The van der Waals surface area contributed by atoms with Gasteiger partial charge in [-0.3, -0.25) is 19.2 Å². The van der Waals surface area contributed by atoms with E-state index in [2.05, 4.69) is 16.0 Å². The lowest BCUT2D eigenvalue weighted by molar-refractivity contribution is -0.143. The first-order valence-electron chi connectivity index (χ1n) is 8.74. The van der Waals surface area contributed by atoms with Crippen molar-refractivity contribution in [1.82, 2.24) is 16.0 Å². The number of aliphatic hydroxyl groups is 1. The normalized spacial score (nSPS) is 14.8. The third kappa shape index (κ3) is 10.7. The van der Waals surface area contributed by atoms with E-state index in [1.807, 2.05) is 0 Å². The van der Waals surface area contributed by atoms with Crippen molar-refractivity contribution in [3.63, 3.8) is 0 Å². The number of hydrogen-bond acceptors (Lipinski definition) is 8. The quantitative estimate of drug-likeness (QED) is 0.152. The third-order valence-electron chi connectivity index (χ3n) is 3.73. The van der Waals surface area contributed by atoms with E-state index in [1.165, 1.54) is 18.7 Å². The molecule has 4 unspecified atom stereocenters. The molecule has 0 spiro atoms. The highest BCUT2D eigenvalue weighted by Crippen LogP contribution is 2.05. The van der Waals surface area contributed by atoms with Crippen LogP contribution in [-0.2, 0) is 24.0 Å². The molecule has 0 saturated carbocycles. The molecule has 0 heterocycles. The van der Waals surface area contributed by atoms with Gasteiger partial charge >= 0.3 is 11.9 Å². The maximum absolute atomic E-state index is 12.6. The van der Waals surface area contributed by atoms with Crippen LogP contribution in [0, 0.1) is 0 Å². The minimum Gasteiger partial charge on any atom is -0.481 e. The molecule has 0 rings (SSSR count). The molecule has 13 heteroatoms. The third-order valence-corrected chi connectivity index (χ3v) is 4.38. The van der Waals surface area contributed by atoms with Crippen LogP contribution in [0.3, 0.4) is 0 Å². The van der Waals surface area contributed by atoms with Gasteiger partial charge in [0.1, 0.15) is 18.1 Å². The van der Waals surface area contributed by atoms with Gasteiger partial charge in [-0.15, -0.1) is 0 Å². The Balaban J connectivity index is 5.31. The molecule has 0 aromatic heterocycles. The largest absolute Gasteiger partial charge is 0.481 e. The zero-order valence-electron chi connectivity index (χ0n) is 16.2. The summed E-state index contributed by atoms with van der Waals surface area (Å²) >= 11 is 1.38. The fourth-order valence-corrected chi connectivity index (χ4v) is 2.55. The van der Waals surface area contributed by atoms with E-state index in [1.54, 1.807) is 6.26 Å². The van der Waals surface area contributed by atoms with Crippen LogP contribution in [0.2, 0.25) is 0 Å².